The van der Waals surface area contributed by atoms with Crippen LogP contribution in [0.25, 0.3) is 0 Å². The highest BCUT2D eigenvalue weighted by atomic mass is 16.5. The van der Waals surface area contributed by atoms with Crippen LogP contribution in [-0.4, -0.2) is 47.2 Å². The Bertz CT molecular complexity index is 646. The van der Waals surface area contributed by atoms with Crippen LogP contribution in [0, 0.1) is 5.92 Å². The first-order valence-corrected chi connectivity index (χ1v) is 10.5. The van der Waals surface area contributed by atoms with Crippen LogP contribution in [0.15, 0.2) is 30.3 Å². The molecular weight excluding hydrogens is 372 g/mol. The van der Waals surface area contributed by atoms with Crippen molar-refractivity contribution in [3.05, 3.63) is 35.9 Å². The van der Waals surface area contributed by atoms with Crippen molar-refractivity contribution in [3.8, 4) is 0 Å². The second-order valence-electron chi connectivity index (χ2n) is 7.66. The Labute approximate surface area is 172 Å². The molecule has 0 spiro atoms. The van der Waals surface area contributed by atoms with Gasteiger partial charge in [-0.3, -0.25) is 14.8 Å². The Morgan fingerprint density at radius 3 is 2.59 bits per heavy atom. The number of nitrogens with zero attached hydrogens (tertiary/aromatic N) is 1. The zero-order valence-electron chi connectivity index (χ0n) is 17.1. The molecule has 7 heteroatoms. The fraction of sp³-hybridized carbons (Fsp3) is 0.591. The zero-order valence-corrected chi connectivity index (χ0v) is 17.1. The third kappa shape index (κ3) is 7.85. The minimum atomic E-state index is -0.807. The standard InChI is InChI=1S/C22H32N2O5/c1-2-3-11-18(15-24(28)16-25)21(26)23-20(14-17-9-5-4-6-10-17)22(27)29-19-12-7-8-13-19/h4-6,9-10,16,18-20,28H,2-3,7-8,11-15H2,1H3,(H,23,26). The molecule has 0 aromatic heterocycles. The average molecular weight is 405 g/mol. The summed E-state index contributed by atoms with van der Waals surface area (Å²) in [4.78, 5) is 36.4. The fourth-order valence-electron chi connectivity index (χ4n) is 3.61. The number of unbranched alkanes of at least 4 members (excludes halogenated alkanes) is 1. The Hall–Kier alpha value is -2.41. The molecule has 2 rings (SSSR count). The van der Waals surface area contributed by atoms with Gasteiger partial charge in [-0.1, -0.05) is 50.1 Å². The van der Waals surface area contributed by atoms with Gasteiger partial charge in [-0.15, -0.1) is 0 Å². The third-order valence-electron chi connectivity index (χ3n) is 5.27. The number of ether oxygens (including phenoxy) is 1. The Kier molecular flexibility index (Phi) is 9.64. The van der Waals surface area contributed by atoms with Crippen molar-refractivity contribution in [2.75, 3.05) is 6.54 Å². The van der Waals surface area contributed by atoms with E-state index in [1.165, 1.54) is 0 Å². The molecule has 160 valence electrons. The number of carbonyl (C=O) groups is 3. The Morgan fingerprint density at radius 2 is 1.97 bits per heavy atom. The van der Waals surface area contributed by atoms with Gasteiger partial charge in [0.1, 0.15) is 12.1 Å². The number of rotatable bonds is 12. The number of esters is 1. The van der Waals surface area contributed by atoms with Crippen LogP contribution in [0.1, 0.15) is 57.4 Å². The van der Waals surface area contributed by atoms with Gasteiger partial charge in [0.25, 0.3) is 0 Å². The van der Waals surface area contributed by atoms with Crippen LogP contribution in [0.3, 0.4) is 0 Å². The molecule has 1 fully saturated rings. The second-order valence-corrected chi connectivity index (χ2v) is 7.66. The van der Waals surface area contributed by atoms with Gasteiger partial charge in [0.05, 0.1) is 12.5 Å². The molecule has 1 aromatic rings. The molecule has 29 heavy (non-hydrogen) atoms. The molecule has 7 nitrogen and oxygen atoms in total. The van der Waals surface area contributed by atoms with E-state index in [0.717, 1.165) is 44.1 Å². The number of benzene rings is 1. The first-order chi connectivity index (χ1) is 14.0. The quantitative estimate of drug-likeness (QED) is 0.242. The lowest BCUT2D eigenvalue weighted by Gasteiger charge is -2.24. The van der Waals surface area contributed by atoms with Crippen LogP contribution >= 0.6 is 0 Å². The van der Waals surface area contributed by atoms with E-state index < -0.39 is 17.9 Å². The fourth-order valence-corrected chi connectivity index (χ4v) is 3.61. The van der Waals surface area contributed by atoms with Gasteiger partial charge in [0.15, 0.2) is 0 Å². The average Bonchev–Trinajstić information content (AvgIpc) is 3.24. The molecule has 0 bridgehead atoms. The van der Waals surface area contributed by atoms with E-state index in [4.69, 9.17) is 4.74 Å². The van der Waals surface area contributed by atoms with Gasteiger partial charge in [0.2, 0.25) is 12.3 Å². The van der Waals surface area contributed by atoms with Crippen molar-refractivity contribution in [1.82, 2.24) is 10.4 Å². The summed E-state index contributed by atoms with van der Waals surface area (Å²) < 4.78 is 5.64. The zero-order chi connectivity index (χ0) is 21.1. The van der Waals surface area contributed by atoms with Crippen molar-refractivity contribution < 1.29 is 24.3 Å². The lowest BCUT2D eigenvalue weighted by molar-refractivity contribution is -0.157. The number of hydrogen-bond donors (Lipinski definition) is 2. The van der Waals surface area contributed by atoms with Gasteiger partial charge in [-0.2, -0.15) is 0 Å². The van der Waals surface area contributed by atoms with E-state index in [1.54, 1.807) is 0 Å². The molecule has 2 unspecified atom stereocenters. The van der Waals surface area contributed by atoms with Gasteiger partial charge in [-0.25, -0.2) is 9.86 Å². The number of hydroxylamine groups is 2. The van der Waals surface area contributed by atoms with Crippen LogP contribution in [-0.2, 0) is 25.5 Å². The summed E-state index contributed by atoms with van der Waals surface area (Å²) in [6.07, 6.45) is 6.51. The summed E-state index contributed by atoms with van der Waals surface area (Å²) in [6.45, 7) is 1.90. The summed E-state index contributed by atoms with van der Waals surface area (Å²) in [5.41, 5.74) is 0.919. The third-order valence-corrected chi connectivity index (χ3v) is 5.27. The largest absolute Gasteiger partial charge is 0.461 e. The molecule has 2 atom stereocenters. The summed E-state index contributed by atoms with van der Waals surface area (Å²) in [6, 6.07) is 8.65. The monoisotopic (exact) mass is 404 g/mol. The number of nitrogens with one attached hydrogen (secondary N) is 1. The maximum atomic E-state index is 12.9. The van der Waals surface area contributed by atoms with Crippen molar-refractivity contribution in [3.63, 3.8) is 0 Å². The molecule has 1 aliphatic rings. The summed E-state index contributed by atoms with van der Waals surface area (Å²) >= 11 is 0. The molecule has 1 saturated carbocycles. The maximum absolute atomic E-state index is 12.9. The van der Waals surface area contributed by atoms with Gasteiger partial charge in [0, 0.05) is 6.42 Å². The topological polar surface area (TPSA) is 95.9 Å². The first-order valence-electron chi connectivity index (χ1n) is 10.5. The molecule has 1 aliphatic carbocycles. The van der Waals surface area contributed by atoms with Crippen molar-refractivity contribution in [1.29, 1.82) is 0 Å². The van der Waals surface area contributed by atoms with Gasteiger partial charge in [-0.05, 0) is 37.7 Å². The van der Waals surface area contributed by atoms with E-state index in [1.807, 2.05) is 37.3 Å². The summed E-state index contributed by atoms with van der Waals surface area (Å²) in [7, 11) is 0. The molecule has 2 N–H and O–H groups in total. The predicted octanol–water partition coefficient (Wildman–Crippen LogP) is 2.85. The molecule has 0 saturated heterocycles. The van der Waals surface area contributed by atoms with E-state index in [-0.39, 0.29) is 25.0 Å². The summed E-state index contributed by atoms with van der Waals surface area (Å²) in [5.74, 6) is -1.38. The van der Waals surface area contributed by atoms with Crippen LogP contribution in [0.2, 0.25) is 0 Å². The van der Waals surface area contributed by atoms with Gasteiger partial charge < -0.3 is 10.1 Å². The van der Waals surface area contributed by atoms with Crippen molar-refractivity contribution in [2.45, 2.75) is 70.4 Å². The van der Waals surface area contributed by atoms with Crippen LogP contribution in [0.4, 0.5) is 0 Å². The Balaban J connectivity index is 2.08. The highest BCUT2D eigenvalue weighted by molar-refractivity contribution is 5.86. The normalized spacial score (nSPS) is 16.1. The molecule has 0 heterocycles. The minimum absolute atomic E-state index is 0.0865. The van der Waals surface area contributed by atoms with E-state index >= 15 is 0 Å². The molecule has 2 amide bonds. The van der Waals surface area contributed by atoms with Crippen LogP contribution in [0.5, 0.6) is 0 Å². The lowest BCUT2D eigenvalue weighted by Crippen LogP contribution is -2.48. The molecule has 1 aromatic carbocycles. The number of hydrogen-bond acceptors (Lipinski definition) is 5. The van der Waals surface area contributed by atoms with Crippen molar-refractivity contribution in [2.24, 2.45) is 5.92 Å². The smallest absolute Gasteiger partial charge is 0.329 e. The molecule has 0 radical (unpaired) electrons. The van der Waals surface area contributed by atoms with E-state index in [9.17, 15) is 19.6 Å². The first kappa shape index (κ1) is 22.9. The second kappa shape index (κ2) is 12.2. The SMILES string of the molecule is CCCCC(CN(O)C=O)C(=O)NC(Cc1ccccc1)C(=O)OC1CCCC1. The number of amides is 2. The van der Waals surface area contributed by atoms with Crippen LogP contribution < -0.4 is 5.32 Å². The van der Waals surface area contributed by atoms with Crippen molar-refractivity contribution >= 4 is 18.3 Å². The van der Waals surface area contributed by atoms with E-state index in [0.29, 0.717) is 17.9 Å². The molecule has 0 aliphatic heterocycles. The summed E-state index contributed by atoms with van der Waals surface area (Å²) in [5, 5.41) is 12.8. The highest BCUT2D eigenvalue weighted by Gasteiger charge is 2.30. The number of carbonyl (C=O) groups excluding carboxylic acids is 3. The lowest BCUT2D eigenvalue weighted by atomic mass is 9.99. The molecular formula is C22H32N2O5. The maximum Gasteiger partial charge on any atom is 0.329 e. The van der Waals surface area contributed by atoms with Gasteiger partial charge >= 0.3 is 5.97 Å². The van der Waals surface area contributed by atoms with E-state index in [2.05, 4.69) is 5.32 Å². The predicted molar refractivity (Wildman–Crippen MR) is 108 cm³/mol. The highest BCUT2D eigenvalue weighted by Crippen LogP contribution is 2.22. The minimum Gasteiger partial charge on any atom is -0.461 e. The Morgan fingerprint density at radius 1 is 1.28 bits per heavy atom.